The molecule has 282 valence electrons. The zero-order valence-corrected chi connectivity index (χ0v) is 33.9. The van der Waals surface area contributed by atoms with Gasteiger partial charge in [0.1, 0.15) is 6.10 Å². The summed E-state index contributed by atoms with van der Waals surface area (Å²) in [5, 5.41) is 0. The molecule has 0 aliphatic heterocycles. The number of allylic oxidation sites excluding steroid dienone is 7. The SMILES string of the molecule is C=C(CC[C@@H](C)[C@@H]1CC[C@@]2(C)[C@H]3CC[C@@H]4[C@H](C)[C@@H](OC(=O)CCCCCCC/C=C\C/C=C\C/C=C\CC)CC[C@]45C[C@]35CC[C@@]12C)C(C)C. The molecule has 5 aliphatic carbocycles. The number of hydrogen-bond acceptors (Lipinski definition) is 2. The van der Waals surface area contributed by atoms with E-state index < -0.39 is 0 Å². The first kappa shape index (κ1) is 39.6. The van der Waals surface area contributed by atoms with Gasteiger partial charge in [0.2, 0.25) is 0 Å². The molecule has 0 bridgehead atoms. The Balaban J connectivity index is 1.03. The highest BCUT2D eigenvalue weighted by atomic mass is 16.5. The maximum atomic E-state index is 13.0. The predicted molar refractivity (Wildman–Crippen MR) is 214 cm³/mol. The molecule has 0 amide bonds. The number of ether oxygens (including phenoxy) is 1. The van der Waals surface area contributed by atoms with Crippen molar-refractivity contribution in [1.29, 1.82) is 0 Å². The summed E-state index contributed by atoms with van der Waals surface area (Å²) < 4.78 is 6.31. The van der Waals surface area contributed by atoms with Gasteiger partial charge in [0.15, 0.2) is 0 Å². The molecule has 0 radical (unpaired) electrons. The highest BCUT2D eigenvalue weighted by molar-refractivity contribution is 5.69. The fourth-order valence-electron chi connectivity index (χ4n) is 13.1. The minimum Gasteiger partial charge on any atom is -0.462 e. The van der Waals surface area contributed by atoms with Gasteiger partial charge >= 0.3 is 5.97 Å². The maximum Gasteiger partial charge on any atom is 0.306 e. The lowest BCUT2D eigenvalue weighted by Gasteiger charge is -2.62. The second-order valence-corrected chi connectivity index (χ2v) is 19.1. The van der Waals surface area contributed by atoms with E-state index in [4.69, 9.17) is 4.74 Å². The number of esters is 1. The second kappa shape index (κ2) is 17.1. The van der Waals surface area contributed by atoms with E-state index in [0.29, 0.717) is 39.9 Å². The van der Waals surface area contributed by atoms with Gasteiger partial charge in [0.25, 0.3) is 0 Å². The quantitative estimate of drug-likeness (QED) is 0.0768. The van der Waals surface area contributed by atoms with E-state index in [0.717, 1.165) is 62.2 Å². The van der Waals surface area contributed by atoms with Crippen molar-refractivity contribution in [2.45, 2.75) is 189 Å². The normalized spacial score (nSPS) is 38.3. The lowest BCUT2D eigenvalue weighted by Crippen LogP contribution is -2.56. The predicted octanol–water partition coefficient (Wildman–Crippen LogP) is 14.2. The van der Waals surface area contributed by atoms with Crippen LogP contribution in [0.5, 0.6) is 0 Å². The van der Waals surface area contributed by atoms with Crippen LogP contribution < -0.4 is 0 Å². The first-order valence-electron chi connectivity index (χ1n) is 21.8. The van der Waals surface area contributed by atoms with Gasteiger partial charge in [-0.05, 0) is 166 Å². The molecule has 0 heterocycles. The highest BCUT2D eigenvalue weighted by Gasteiger charge is 2.81. The van der Waals surface area contributed by atoms with E-state index in [9.17, 15) is 4.79 Å². The van der Waals surface area contributed by atoms with Crippen molar-refractivity contribution in [1.82, 2.24) is 0 Å². The van der Waals surface area contributed by atoms with E-state index in [2.05, 4.69) is 91.5 Å². The Hall–Kier alpha value is -1.57. The molecule has 10 atom stereocenters. The van der Waals surface area contributed by atoms with Crippen molar-refractivity contribution >= 4 is 5.97 Å². The fraction of sp³-hybridized carbons (Fsp3) is 0.812. The molecule has 50 heavy (non-hydrogen) atoms. The van der Waals surface area contributed by atoms with E-state index in [1.807, 2.05) is 0 Å². The van der Waals surface area contributed by atoms with Crippen LogP contribution in [-0.4, -0.2) is 12.1 Å². The Kier molecular flexibility index (Phi) is 13.5. The second-order valence-electron chi connectivity index (χ2n) is 19.1. The molecule has 0 aromatic carbocycles. The van der Waals surface area contributed by atoms with Gasteiger partial charge < -0.3 is 4.74 Å². The minimum absolute atomic E-state index is 0.0715. The van der Waals surface area contributed by atoms with Gasteiger partial charge in [0.05, 0.1) is 0 Å². The monoisotopic (exact) mass is 687 g/mol. The fourth-order valence-corrected chi connectivity index (χ4v) is 13.1. The Labute approximate surface area is 309 Å². The van der Waals surface area contributed by atoms with E-state index in [1.54, 1.807) is 0 Å². The summed E-state index contributed by atoms with van der Waals surface area (Å²) in [5.41, 5.74) is 3.53. The Morgan fingerprint density at radius 1 is 0.780 bits per heavy atom. The number of carbonyl (C=O) groups excluding carboxylic acids is 1. The molecule has 5 aliphatic rings. The van der Waals surface area contributed by atoms with Gasteiger partial charge in [-0.2, -0.15) is 0 Å². The smallest absolute Gasteiger partial charge is 0.306 e. The molecule has 2 spiro atoms. The van der Waals surface area contributed by atoms with Gasteiger partial charge in [0, 0.05) is 6.42 Å². The molecule has 5 saturated carbocycles. The lowest BCUT2D eigenvalue weighted by atomic mass is 9.43. The molecule has 0 N–H and O–H groups in total. The van der Waals surface area contributed by atoms with E-state index >= 15 is 0 Å². The van der Waals surface area contributed by atoms with Gasteiger partial charge in [-0.25, -0.2) is 0 Å². The third-order valence-corrected chi connectivity index (χ3v) is 16.4. The lowest BCUT2D eigenvalue weighted by molar-refractivity contribution is -0.167. The maximum absolute atomic E-state index is 13.0. The van der Waals surface area contributed by atoms with Crippen molar-refractivity contribution < 1.29 is 9.53 Å². The Bertz CT molecular complexity index is 1220. The van der Waals surface area contributed by atoms with Crippen LogP contribution >= 0.6 is 0 Å². The largest absolute Gasteiger partial charge is 0.462 e. The Morgan fingerprint density at radius 3 is 2.22 bits per heavy atom. The summed E-state index contributed by atoms with van der Waals surface area (Å²) >= 11 is 0. The van der Waals surface area contributed by atoms with Crippen molar-refractivity contribution in [3.8, 4) is 0 Å². The summed E-state index contributed by atoms with van der Waals surface area (Å²) in [7, 11) is 0. The molecule has 0 aromatic heterocycles. The summed E-state index contributed by atoms with van der Waals surface area (Å²) in [6, 6.07) is 0. The van der Waals surface area contributed by atoms with Crippen molar-refractivity contribution in [2.24, 2.45) is 57.2 Å². The van der Waals surface area contributed by atoms with Crippen LogP contribution in [0.3, 0.4) is 0 Å². The van der Waals surface area contributed by atoms with Crippen LogP contribution in [0.15, 0.2) is 48.6 Å². The summed E-state index contributed by atoms with van der Waals surface area (Å²) in [4.78, 5) is 13.0. The molecule has 0 saturated heterocycles. The van der Waals surface area contributed by atoms with Gasteiger partial charge in [-0.15, -0.1) is 0 Å². The first-order chi connectivity index (χ1) is 24.0. The molecule has 5 fully saturated rings. The summed E-state index contributed by atoms with van der Waals surface area (Å²) in [5.74, 6) is 4.51. The van der Waals surface area contributed by atoms with Gasteiger partial charge in [-0.1, -0.05) is 116 Å². The van der Waals surface area contributed by atoms with E-state index in [1.165, 1.54) is 95.5 Å². The van der Waals surface area contributed by atoms with Crippen molar-refractivity contribution in [3.05, 3.63) is 48.6 Å². The average molecular weight is 687 g/mol. The van der Waals surface area contributed by atoms with Gasteiger partial charge in [-0.3, -0.25) is 4.79 Å². The third kappa shape index (κ3) is 7.86. The number of rotatable bonds is 19. The molecule has 0 unspecified atom stereocenters. The standard InChI is InChI=1S/C48H78O2/c1-9-10-11-12-13-14-15-16-17-18-19-20-21-22-23-24-44(49)50-42-30-32-47-35-48(47)34-33-45(7)40(38(5)26-25-37(4)36(2)3)29-31-46(45,8)43(48)28-27-41(47)39(42)6/h10-11,13-14,16-17,36,38-43H,4,9,12,15,18-35H2,1-3,5-8H3/b11-10-,14-13-,17-16-/t38-,39+,40+,41-,42+,43-,45+,46+,47+,48-/m1/s1. The number of unbranched alkanes of at least 4 members (excludes halogenated alkanes) is 5. The number of hydrogen-bond donors (Lipinski definition) is 0. The summed E-state index contributed by atoms with van der Waals surface area (Å²) in [6.45, 7) is 21.7. The van der Waals surface area contributed by atoms with Crippen molar-refractivity contribution in [3.63, 3.8) is 0 Å². The number of carbonyl (C=O) groups is 1. The minimum atomic E-state index is 0.0715. The van der Waals surface area contributed by atoms with Crippen LogP contribution in [0.2, 0.25) is 0 Å². The summed E-state index contributed by atoms with van der Waals surface area (Å²) in [6.07, 6.45) is 39.6. The highest BCUT2D eigenvalue weighted by Crippen LogP contribution is 2.88. The molecular weight excluding hydrogens is 609 g/mol. The molecule has 2 heteroatoms. The number of fused-ring (bicyclic) bond motifs is 2. The molecule has 2 nitrogen and oxygen atoms in total. The van der Waals surface area contributed by atoms with Crippen LogP contribution in [0, 0.1) is 57.2 Å². The molecule has 5 rings (SSSR count). The van der Waals surface area contributed by atoms with Crippen LogP contribution in [-0.2, 0) is 9.53 Å². The van der Waals surface area contributed by atoms with E-state index in [-0.39, 0.29) is 12.1 Å². The van der Waals surface area contributed by atoms with Crippen LogP contribution in [0.25, 0.3) is 0 Å². The van der Waals surface area contributed by atoms with Crippen molar-refractivity contribution in [2.75, 3.05) is 0 Å². The topological polar surface area (TPSA) is 26.3 Å². The van der Waals surface area contributed by atoms with Crippen LogP contribution in [0.4, 0.5) is 0 Å². The van der Waals surface area contributed by atoms with Crippen LogP contribution in [0.1, 0.15) is 183 Å². The zero-order valence-electron chi connectivity index (χ0n) is 33.9. The molecule has 0 aromatic rings. The zero-order chi connectivity index (χ0) is 36.0. The third-order valence-electron chi connectivity index (χ3n) is 16.4. The molecular formula is C48H78O2. The Morgan fingerprint density at radius 2 is 1.48 bits per heavy atom. The first-order valence-corrected chi connectivity index (χ1v) is 21.8. The average Bonchev–Trinajstić information content (AvgIpc) is 3.67.